The highest BCUT2D eigenvalue weighted by Gasteiger charge is 2.43. The van der Waals surface area contributed by atoms with Crippen molar-refractivity contribution in [1.82, 2.24) is 15.1 Å². The summed E-state index contributed by atoms with van der Waals surface area (Å²) in [6.45, 7) is 10.2. The molecule has 3 nitrogen and oxygen atoms in total. The van der Waals surface area contributed by atoms with Gasteiger partial charge in [-0.1, -0.05) is 0 Å². The Labute approximate surface area is 112 Å². The van der Waals surface area contributed by atoms with Crippen LogP contribution >= 0.6 is 0 Å². The van der Waals surface area contributed by atoms with E-state index in [0.29, 0.717) is 5.54 Å². The summed E-state index contributed by atoms with van der Waals surface area (Å²) in [7, 11) is 2.26. The van der Waals surface area contributed by atoms with Crippen LogP contribution in [0.5, 0.6) is 0 Å². The van der Waals surface area contributed by atoms with E-state index in [1.165, 1.54) is 65.0 Å². The molecule has 0 amide bonds. The largest absolute Gasteiger partial charge is 0.310 e. The summed E-state index contributed by atoms with van der Waals surface area (Å²) in [5, 5.41) is 3.83. The first kappa shape index (κ1) is 12.9. The molecule has 0 spiro atoms. The second kappa shape index (κ2) is 5.10. The maximum atomic E-state index is 3.83. The van der Waals surface area contributed by atoms with Crippen molar-refractivity contribution >= 4 is 0 Å². The number of hydrogen-bond donors (Lipinski definition) is 1. The Kier molecular flexibility index (Phi) is 3.65. The summed E-state index contributed by atoms with van der Waals surface area (Å²) in [4.78, 5) is 5.24. The molecule has 1 N–H and O–H groups in total. The van der Waals surface area contributed by atoms with E-state index in [1.807, 2.05) is 0 Å². The number of nitrogens with zero attached hydrogens (tertiary/aromatic N) is 2. The van der Waals surface area contributed by atoms with Gasteiger partial charge in [0.25, 0.3) is 0 Å². The number of nitrogens with one attached hydrogen (secondary N) is 1. The summed E-state index contributed by atoms with van der Waals surface area (Å²) in [5.74, 6) is 1.86. The third-order valence-electron chi connectivity index (χ3n) is 5.22. The average Bonchev–Trinajstić information content (AvgIpc) is 3.11. The van der Waals surface area contributed by atoms with Crippen LogP contribution in [0.25, 0.3) is 0 Å². The molecule has 0 radical (unpaired) electrons. The Balaban J connectivity index is 1.57. The molecule has 1 saturated carbocycles. The van der Waals surface area contributed by atoms with Crippen molar-refractivity contribution in [1.29, 1.82) is 0 Å². The monoisotopic (exact) mass is 251 g/mol. The fourth-order valence-corrected chi connectivity index (χ4v) is 3.97. The van der Waals surface area contributed by atoms with Crippen molar-refractivity contribution in [3.05, 3.63) is 0 Å². The molecule has 2 heterocycles. The molecule has 0 aromatic heterocycles. The molecule has 2 saturated heterocycles. The second-order valence-electron chi connectivity index (χ2n) is 7.12. The molecular weight excluding hydrogens is 222 g/mol. The van der Waals surface area contributed by atoms with E-state index in [2.05, 4.69) is 29.1 Å². The summed E-state index contributed by atoms with van der Waals surface area (Å²) in [6, 6.07) is 0. The normalized spacial score (nSPS) is 40.0. The van der Waals surface area contributed by atoms with Gasteiger partial charge in [-0.25, -0.2) is 0 Å². The molecule has 0 aromatic carbocycles. The zero-order valence-corrected chi connectivity index (χ0v) is 12.1. The maximum Gasteiger partial charge on any atom is 0.0308 e. The fraction of sp³-hybridized carbons (Fsp3) is 1.00. The lowest BCUT2D eigenvalue weighted by Gasteiger charge is -2.35. The Morgan fingerprint density at radius 2 is 2.06 bits per heavy atom. The summed E-state index contributed by atoms with van der Waals surface area (Å²) in [5.41, 5.74) is 0.404. The second-order valence-corrected chi connectivity index (χ2v) is 7.12. The smallest absolute Gasteiger partial charge is 0.0308 e. The molecule has 2 unspecified atom stereocenters. The van der Waals surface area contributed by atoms with Gasteiger partial charge in [0.05, 0.1) is 0 Å². The van der Waals surface area contributed by atoms with Gasteiger partial charge in [-0.2, -0.15) is 0 Å². The Morgan fingerprint density at radius 3 is 2.72 bits per heavy atom. The van der Waals surface area contributed by atoms with Crippen LogP contribution < -0.4 is 5.32 Å². The first-order chi connectivity index (χ1) is 8.66. The topological polar surface area (TPSA) is 18.5 Å². The molecule has 0 bridgehead atoms. The molecule has 3 aliphatic rings. The van der Waals surface area contributed by atoms with Crippen LogP contribution in [-0.2, 0) is 0 Å². The van der Waals surface area contributed by atoms with Crippen LogP contribution in [0.1, 0.15) is 32.6 Å². The molecule has 3 fully saturated rings. The molecule has 0 aromatic rings. The fourth-order valence-electron chi connectivity index (χ4n) is 3.97. The zero-order chi connectivity index (χ0) is 12.6. The van der Waals surface area contributed by atoms with Gasteiger partial charge in [0.15, 0.2) is 0 Å². The van der Waals surface area contributed by atoms with Gasteiger partial charge in [-0.3, -0.25) is 0 Å². The van der Waals surface area contributed by atoms with Crippen molar-refractivity contribution in [2.24, 2.45) is 11.8 Å². The van der Waals surface area contributed by atoms with Gasteiger partial charge in [0, 0.05) is 25.2 Å². The zero-order valence-electron chi connectivity index (χ0n) is 12.1. The van der Waals surface area contributed by atoms with Crippen molar-refractivity contribution in [3.63, 3.8) is 0 Å². The Bertz CT molecular complexity index is 289. The average molecular weight is 251 g/mol. The minimum Gasteiger partial charge on any atom is -0.310 e. The molecule has 3 heteroatoms. The SMILES string of the molecule is CN1CCC(CN2CCCNC(C)(C3CC3)C2)C1. The van der Waals surface area contributed by atoms with Gasteiger partial charge in [-0.15, -0.1) is 0 Å². The van der Waals surface area contributed by atoms with Crippen LogP contribution in [0.3, 0.4) is 0 Å². The van der Waals surface area contributed by atoms with Gasteiger partial charge in [0.1, 0.15) is 0 Å². The minimum atomic E-state index is 0.404. The molecule has 2 aliphatic heterocycles. The quantitative estimate of drug-likeness (QED) is 0.818. The maximum absolute atomic E-state index is 3.83. The van der Waals surface area contributed by atoms with Gasteiger partial charge in [0.2, 0.25) is 0 Å². The molecular formula is C15H29N3. The van der Waals surface area contributed by atoms with Crippen molar-refractivity contribution < 1.29 is 0 Å². The first-order valence-corrected chi connectivity index (χ1v) is 7.82. The predicted molar refractivity (Wildman–Crippen MR) is 75.8 cm³/mol. The third kappa shape index (κ3) is 2.89. The van der Waals surface area contributed by atoms with E-state index in [-0.39, 0.29) is 0 Å². The summed E-state index contributed by atoms with van der Waals surface area (Å²) in [6.07, 6.45) is 5.62. The molecule has 2 atom stereocenters. The lowest BCUT2D eigenvalue weighted by molar-refractivity contribution is 0.178. The highest BCUT2D eigenvalue weighted by molar-refractivity contribution is 5.01. The molecule has 3 rings (SSSR count). The molecule has 18 heavy (non-hydrogen) atoms. The van der Waals surface area contributed by atoms with E-state index in [4.69, 9.17) is 0 Å². The van der Waals surface area contributed by atoms with Crippen LogP contribution in [-0.4, -0.2) is 61.7 Å². The van der Waals surface area contributed by atoms with E-state index < -0.39 is 0 Å². The molecule has 1 aliphatic carbocycles. The number of hydrogen-bond acceptors (Lipinski definition) is 3. The lowest BCUT2D eigenvalue weighted by Crippen LogP contribution is -2.51. The van der Waals surface area contributed by atoms with Crippen LogP contribution in [0.15, 0.2) is 0 Å². The van der Waals surface area contributed by atoms with Crippen molar-refractivity contribution in [3.8, 4) is 0 Å². The molecule has 104 valence electrons. The standard InChI is InChI=1S/C15H29N3/c1-15(14-4-5-14)12-18(8-3-7-16-15)11-13-6-9-17(2)10-13/h13-14,16H,3-12H2,1-2H3. The number of likely N-dealkylation sites (tertiary alicyclic amines) is 1. The van der Waals surface area contributed by atoms with E-state index in [0.717, 1.165) is 11.8 Å². The van der Waals surface area contributed by atoms with Crippen molar-refractivity contribution in [2.75, 3.05) is 46.3 Å². The van der Waals surface area contributed by atoms with Gasteiger partial charge < -0.3 is 15.1 Å². The van der Waals surface area contributed by atoms with Crippen LogP contribution in [0, 0.1) is 11.8 Å². The van der Waals surface area contributed by atoms with E-state index >= 15 is 0 Å². The Morgan fingerprint density at radius 1 is 1.22 bits per heavy atom. The first-order valence-electron chi connectivity index (χ1n) is 7.82. The Hall–Kier alpha value is -0.120. The van der Waals surface area contributed by atoms with Gasteiger partial charge in [-0.05, 0) is 71.1 Å². The van der Waals surface area contributed by atoms with Crippen LogP contribution in [0.2, 0.25) is 0 Å². The number of rotatable bonds is 3. The third-order valence-corrected chi connectivity index (χ3v) is 5.22. The van der Waals surface area contributed by atoms with Crippen LogP contribution in [0.4, 0.5) is 0 Å². The lowest BCUT2D eigenvalue weighted by atomic mass is 9.95. The summed E-state index contributed by atoms with van der Waals surface area (Å²) >= 11 is 0. The highest BCUT2D eigenvalue weighted by Crippen LogP contribution is 2.40. The van der Waals surface area contributed by atoms with E-state index in [9.17, 15) is 0 Å². The minimum absolute atomic E-state index is 0.404. The highest BCUT2D eigenvalue weighted by atomic mass is 15.2. The predicted octanol–water partition coefficient (Wildman–Crippen LogP) is 1.40. The van der Waals surface area contributed by atoms with Crippen molar-refractivity contribution in [2.45, 2.75) is 38.1 Å². The van der Waals surface area contributed by atoms with E-state index in [1.54, 1.807) is 0 Å². The van der Waals surface area contributed by atoms with Gasteiger partial charge >= 0.3 is 0 Å². The summed E-state index contributed by atoms with van der Waals surface area (Å²) < 4.78 is 0.